The third-order valence-corrected chi connectivity index (χ3v) is 7.69. The van der Waals surface area contributed by atoms with Crippen molar-refractivity contribution < 1.29 is 17.9 Å². The molecule has 0 amide bonds. The molecule has 7 nitrogen and oxygen atoms in total. The van der Waals surface area contributed by atoms with Crippen molar-refractivity contribution in [2.45, 2.75) is 19.8 Å². The van der Waals surface area contributed by atoms with Gasteiger partial charge in [-0.05, 0) is 50.8 Å². The Morgan fingerprint density at radius 3 is 2.42 bits per heavy atom. The molecule has 4 rings (SSSR count). The molecule has 0 bridgehead atoms. The number of sulfonamides is 1. The molecule has 0 unspecified atom stereocenters. The van der Waals surface area contributed by atoms with Crippen molar-refractivity contribution in [3.05, 3.63) is 118 Å². The highest BCUT2D eigenvalue weighted by molar-refractivity contribution is 9.10. The van der Waals surface area contributed by atoms with Gasteiger partial charge in [0.05, 0.1) is 17.9 Å². The highest BCUT2D eigenvalue weighted by atomic mass is 79.9. The van der Waals surface area contributed by atoms with Gasteiger partial charge < -0.3 is 14.8 Å². The Morgan fingerprint density at radius 1 is 0.850 bits per heavy atom. The molecule has 0 atom stereocenters. The number of halogens is 1. The molecule has 0 aliphatic carbocycles. The molecule has 4 aromatic rings. The molecule has 0 heterocycles. The maximum atomic E-state index is 11.3. The van der Waals surface area contributed by atoms with Gasteiger partial charge in [-0.25, -0.2) is 13.1 Å². The van der Waals surface area contributed by atoms with Crippen molar-refractivity contribution in [2.24, 2.45) is 0 Å². The molecule has 0 spiro atoms. The van der Waals surface area contributed by atoms with E-state index in [0.717, 1.165) is 38.5 Å². The topological polar surface area (TPSA) is 100 Å². The van der Waals surface area contributed by atoms with Crippen molar-refractivity contribution in [2.75, 3.05) is 19.3 Å². The van der Waals surface area contributed by atoms with Crippen LogP contribution in [0.2, 0.25) is 0 Å². The monoisotopic (exact) mass is 619 g/mol. The summed E-state index contributed by atoms with van der Waals surface area (Å²) in [6.07, 6.45) is 1.13. The second-order valence-electron chi connectivity index (χ2n) is 9.15. The van der Waals surface area contributed by atoms with Crippen LogP contribution in [-0.2, 0) is 29.8 Å². The van der Waals surface area contributed by atoms with E-state index in [1.807, 2.05) is 60.7 Å². The third-order valence-electron chi connectivity index (χ3n) is 6.03. The van der Waals surface area contributed by atoms with Gasteiger partial charge in [-0.1, -0.05) is 66.7 Å². The van der Waals surface area contributed by atoms with E-state index < -0.39 is 10.0 Å². The Kier molecular flexibility index (Phi) is 10.3. The molecule has 0 aliphatic heterocycles. The molecule has 0 saturated heterocycles. The molecule has 4 aromatic carbocycles. The molecule has 40 heavy (non-hydrogen) atoms. The number of nitrogens with zero attached hydrogens (tertiary/aromatic N) is 1. The quantitative estimate of drug-likeness (QED) is 0.184. The standard InChI is InChI=1S/C31H30BrN3O4S/c1-40(36,37)35-16-15-34-20-26-13-14-28(18-30(26)39-21-24-8-5-7-23(17-24)19-33)38-22-27-11-6-12-29(31(27)32)25-9-3-2-4-10-25/h2-14,17-18,34-35H,15-16,20-22H2,1H3. The lowest BCUT2D eigenvalue weighted by Gasteiger charge is -2.16. The summed E-state index contributed by atoms with van der Waals surface area (Å²) in [5.74, 6) is 1.29. The largest absolute Gasteiger partial charge is 0.489 e. The minimum absolute atomic E-state index is 0.284. The number of rotatable bonds is 13. The lowest BCUT2D eigenvalue weighted by atomic mass is 10.0. The van der Waals surface area contributed by atoms with Gasteiger partial charge >= 0.3 is 0 Å². The van der Waals surface area contributed by atoms with Crippen LogP contribution in [0.15, 0.2) is 95.5 Å². The zero-order valence-corrected chi connectivity index (χ0v) is 24.5. The first-order valence-corrected chi connectivity index (χ1v) is 15.4. The van der Waals surface area contributed by atoms with Crippen molar-refractivity contribution in [1.29, 1.82) is 5.26 Å². The third kappa shape index (κ3) is 8.66. The molecule has 0 saturated carbocycles. The maximum Gasteiger partial charge on any atom is 0.208 e. The maximum absolute atomic E-state index is 11.3. The van der Waals surface area contributed by atoms with E-state index in [4.69, 9.17) is 9.47 Å². The minimum Gasteiger partial charge on any atom is -0.489 e. The van der Waals surface area contributed by atoms with Crippen LogP contribution in [-0.4, -0.2) is 27.8 Å². The highest BCUT2D eigenvalue weighted by Crippen LogP contribution is 2.32. The van der Waals surface area contributed by atoms with Gasteiger partial charge in [0.2, 0.25) is 10.0 Å². The Balaban J connectivity index is 1.48. The van der Waals surface area contributed by atoms with Crippen molar-refractivity contribution in [3.63, 3.8) is 0 Å². The number of nitriles is 1. The summed E-state index contributed by atoms with van der Waals surface area (Å²) in [5, 5.41) is 12.5. The first-order chi connectivity index (χ1) is 19.3. The van der Waals surface area contributed by atoms with Gasteiger partial charge in [0.1, 0.15) is 24.7 Å². The first kappa shape index (κ1) is 29.3. The molecule has 206 valence electrons. The average molecular weight is 621 g/mol. The Hall–Kier alpha value is -3.68. The van der Waals surface area contributed by atoms with E-state index in [-0.39, 0.29) is 13.2 Å². The van der Waals surface area contributed by atoms with E-state index in [9.17, 15) is 13.7 Å². The lowest BCUT2D eigenvalue weighted by molar-refractivity contribution is 0.287. The second-order valence-corrected chi connectivity index (χ2v) is 11.8. The van der Waals surface area contributed by atoms with Crippen LogP contribution in [0.5, 0.6) is 11.5 Å². The van der Waals surface area contributed by atoms with Gasteiger partial charge in [0.15, 0.2) is 0 Å². The van der Waals surface area contributed by atoms with E-state index >= 15 is 0 Å². The number of hydrogen-bond acceptors (Lipinski definition) is 6. The Morgan fingerprint density at radius 2 is 1.65 bits per heavy atom. The van der Waals surface area contributed by atoms with Crippen LogP contribution in [0, 0.1) is 11.3 Å². The summed E-state index contributed by atoms with van der Waals surface area (Å²) in [6, 6.07) is 31.4. The second kappa shape index (κ2) is 14.1. The van der Waals surface area contributed by atoms with Gasteiger partial charge in [0, 0.05) is 41.3 Å². The minimum atomic E-state index is -3.24. The van der Waals surface area contributed by atoms with Crippen LogP contribution in [0.25, 0.3) is 11.1 Å². The number of ether oxygens (including phenoxy) is 2. The fourth-order valence-electron chi connectivity index (χ4n) is 4.04. The summed E-state index contributed by atoms with van der Waals surface area (Å²) in [6.45, 7) is 1.87. The fraction of sp³-hybridized carbons (Fsp3) is 0.194. The van der Waals surface area contributed by atoms with E-state index in [1.165, 1.54) is 0 Å². The Labute approximate surface area is 244 Å². The smallest absolute Gasteiger partial charge is 0.208 e. The SMILES string of the molecule is CS(=O)(=O)NCCNCc1ccc(OCc2cccc(-c3ccccc3)c2Br)cc1OCc1cccc(C#N)c1. The summed E-state index contributed by atoms with van der Waals surface area (Å²) >= 11 is 3.75. The molecule has 2 N–H and O–H groups in total. The molecule has 0 aromatic heterocycles. The fourth-order valence-corrected chi connectivity index (χ4v) is 5.12. The van der Waals surface area contributed by atoms with Crippen molar-refractivity contribution >= 4 is 26.0 Å². The van der Waals surface area contributed by atoms with Crippen molar-refractivity contribution in [3.8, 4) is 28.7 Å². The molecular weight excluding hydrogens is 590 g/mol. The van der Waals surface area contributed by atoms with Crippen LogP contribution >= 0.6 is 15.9 Å². The Bertz CT molecular complexity index is 1590. The first-order valence-electron chi connectivity index (χ1n) is 12.7. The molecule has 0 radical (unpaired) electrons. The predicted molar refractivity (Wildman–Crippen MR) is 160 cm³/mol. The summed E-state index contributed by atoms with van der Waals surface area (Å²) in [4.78, 5) is 0. The predicted octanol–water partition coefficient (Wildman–Crippen LogP) is 5.78. The van der Waals surface area contributed by atoms with Crippen molar-refractivity contribution in [1.82, 2.24) is 10.0 Å². The molecular formula is C31H30BrN3O4S. The van der Waals surface area contributed by atoms with E-state index in [0.29, 0.717) is 36.8 Å². The van der Waals surface area contributed by atoms with Gasteiger partial charge in [-0.15, -0.1) is 0 Å². The van der Waals surface area contributed by atoms with Crippen LogP contribution < -0.4 is 19.5 Å². The number of hydrogen-bond donors (Lipinski definition) is 2. The van der Waals surface area contributed by atoms with Gasteiger partial charge in [-0.3, -0.25) is 0 Å². The number of benzene rings is 4. The highest BCUT2D eigenvalue weighted by Gasteiger charge is 2.11. The number of nitrogens with one attached hydrogen (secondary N) is 2. The molecule has 9 heteroatoms. The van der Waals surface area contributed by atoms with Gasteiger partial charge in [-0.2, -0.15) is 5.26 Å². The van der Waals surface area contributed by atoms with E-state index in [2.05, 4.69) is 50.2 Å². The normalized spacial score (nSPS) is 11.1. The zero-order valence-electron chi connectivity index (χ0n) is 22.1. The molecule has 0 aliphatic rings. The average Bonchev–Trinajstić information content (AvgIpc) is 2.96. The van der Waals surface area contributed by atoms with Crippen LogP contribution in [0.1, 0.15) is 22.3 Å². The summed E-state index contributed by atoms with van der Waals surface area (Å²) in [5.41, 5.74) is 5.58. The van der Waals surface area contributed by atoms with Crippen LogP contribution in [0.4, 0.5) is 0 Å². The summed E-state index contributed by atoms with van der Waals surface area (Å²) < 4.78 is 38.4. The lowest BCUT2D eigenvalue weighted by Crippen LogP contribution is -2.30. The zero-order chi connectivity index (χ0) is 28.4. The van der Waals surface area contributed by atoms with Gasteiger partial charge in [0.25, 0.3) is 0 Å². The molecule has 0 fully saturated rings. The van der Waals surface area contributed by atoms with Crippen LogP contribution in [0.3, 0.4) is 0 Å². The summed E-state index contributed by atoms with van der Waals surface area (Å²) in [7, 11) is -3.24. The van der Waals surface area contributed by atoms with E-state index in [1.54, 1.807) is 12.1 Å².